The van der Waals surface area contributed by atoms with Gasteiger partial charge in [0.05, 0.1) is 6.02 Å². The zero-order valence-corrected chi connectivity index (χ0v) is 5.10. The van der Waals surface area contributed by atoms with Crippen molar-refractivity contribution in [2.45, 2.75) is 0 Å². The van der Waals surface area contributed by atoms with Crippen molar-refractivity contribution in [3.63, 3.8) is 0 Å². The fourth-order valence-electron chi connectivity index (χ4n) is 0.157. The molecule has 0 fully saturated rings. The summed E-state index contributed by atoms with van der Waals surface area (Å²) in [7, 11) is 0. The van der Waals surface area contributed by atoms with E-state index in [4.69, 9.17) is 0 Å². The van der Waals surface area contributed by atoms with Crippen LogP contribution in [-0.2, 0) is 11.4 Å². The van der Waals surface area contributed by atoms with Crippen LogP contribution >= 0.6 is 0 Å². The first-order valence-electron chi connectivity index (χ1n) is 1.77. The lowest BCUT2D eigenvalue weighted by Crippen LogP contribution is -2.21. The maximum absolute atomic E-state index is 11.2. The molecule has 10 heavy (non-hydrogen) atoms. The number of amidine groups is 1. The summed E-state index contributed by atoms with van der Waals surface area (Å²) < 4.78 is 33.7. The largest absolute Gasteiger partial charge is 0.844 e. The van der Waals surface area contributed by atoms with Gasteiger partial charge in [-0.1, -0.05) is 0 Å². The molecule has 0 aliphatic heterocycles. The second-order valence-electron chi connectivity index (χ2n) is 0.945. The number of hydrogen-bond acceptors (Lipinski definition) is 3. The molecule has 0 aliphatic rings. The third kappa shape index (κ3) is 5.09. The van der Waals surface area contributed by atoms with Crippen molar-refractivity contribution in [2.75, 3.05) is 0 Å². The third-order valence-electron chi connectivity index (χ3n) is 0.333. The van der Waals surface area contributed by atoms with Crippen LogP contribution in [0.5, 0.6) is 0 Å². The normalized spacial score (nSPS) is 17.0. The van der Waals surface area contributed by atoms with Crippen LogP contribution in [0.15, 0.2) is 9.39 Å². The van der Waals surface area contributed by atoms with Gasteiger partial charge in [0.15, 0.2) is 0 Å². The Bertz CT molecular complexity index is 199. The Morgan fingerprint density at radius 1 is 1.50 bits per heavy atom. The Balaban J connectivity index is 4.22. The fraction of sp³-hybridized carbons (Fsp3) is 0. The van der Waals surface area contributed by atoms with Crippen molar-refractivity contribution < 1.29 is 22.7 Å². The molecule has 5 nitrogen and oxygen atoms in total. The first kappa shape index (κ1) is 8.95. The van der Waals surface area contributed by atoms with Gasteiger partial charge >= 0.3 is 11.4 Å². The van der Waals surface area contributed by atoms with Crippen molar-refractivity contribution in [3.8, 4) is 0 Å². The summed E-state index contributed by atoms with van der Waals surface area (Å²) in [5.41, 5.74) is 0. The van der Waals surface area contributed by atoms with Gasteiger partial charge in [0.2, 0.25) is 0 Å². The summed E-state index contributed by atoms with van der Waals surface area (Å²) in [6, 6.07) is -1.74. The van der Waals surface area contributed by atoms with Crippen molar-refractivity contribution in [1.82, 2.24) is 0 Å². The topological polar surface area (TPSA) is 87.9 Å². The van der Waals surface area contributed by atoms with Gasteiger partial charge in [-0.15, -0.1) is 3.89 Å². The molecule has 1 atom stereocenters. The van der Waals surface area contributed by atoms with Crippen LogP contribution < -0.4 is 10.2 Å². The molecule has 0 aromatic rings. The highest BCUT2D eigenvalue weighted by molar-refractivity contribution is 7.78. The maximum atomic E-state index is 11.2. The lowest BCUT2D eigenvalue weighted by atomic mass is 11.1. The Morgan fingerprint density at radius 2 is 2.00 bits per heavy atom. The monoisotopic (exact) mass is 170 g/mol. The fourth-order valence-corrected chi connectivity index (χ4v) is 0.321. The molecule has 0 saturated carbocycles. The number of hydrogen-bond donors (Lipinski definition) is 0. The van der Waals surface area contributed by atoms with Crippen LogP contribution in [0.2, 0.25) is 0 Å². The number of rotatable bonds is 1. The molecule has 8 heteroatoms. The molecule has 0 rings (SSSR count). The van der Waals surface area contributed by atoms with Crippen molar-refractivity contribution in [1.29, 1.82) is 0 Å². The van der Waals surface area contributed by atoms with E-state index in [1.165, 1.54) is 0 Å². The Hall–Kier alpha value is -1.05. The minimum atomic E-state index is -3.25. The van der Waals surface area contributed by atoms with Gasteiger partial charge in [0.1, 0.15) is 6.15 Å². The van der Waals surface area contributed by atoms with Gasteiger partial charge in [0.25, 0.3) is 0 Å². The van der Waals surface area contributed by atoms with E-state index in [0.717, 1.165) is 0 Å². The van der Waals surface area contributed by atoms with E-state index in [0.29, 0.717) is 0 Å². The molecule has 0 saturated heterocycles. The average Bonchev–Trinajstić information content (AvgIpc) is 1.58. The van der Waals surface area contributed by atoms with Gasteiger partial charge < -0.3 is 10.2 Å². The summed E-state index contributed by atoms with van der Waals surface area (Å²) in [4.78, 5) is 1.97. The summed E-state index contributed by atoms with van der Waals surface area (Å²) in [6.45, 7) is 0. The maximum Gasteiger partial charge on any atom is 0.325 e. The van der Waals surface area contributed by atoms with Gasteiger partial charge in [-0.05, 0) is 0 Å². The van der Waals surface area contributed by atoms with Crippen LogP contribution in [0.25, 0.3) is 0 Å². The Morgan fingerprint density at radius 3 is 2.30 bits per heavy atom. The van der Waals surface area contributed by atoms with Crippen LogP contribution in [0.3, 0.4) is 0 Å². The van der Waals surface area contributed by atoms with E-state index in [2.05, 4.69) is 4.40 Å². The van der Waals surface area contributed by atoms with Gasteiger partial charge in [-0.2, -0.15) is 8.61 Å². The lowest BCUT2D eigenvalue weighted by molar-refractivity contribution is -0.238. The third-order valence-corrected chi connectivity index (χ3v) is 0.633. The van der Waals surface area contributed by atoms with E-state index in [1.807, 2.05) is 4.99 Å². The molecular weight excluding hydrogens is 170 g/mol. The molecule has 0 N–H and O–H groups in total. The summed E-state index contributed by atoms with van der Waals surface area (Å²) in [6.07, 6.45) is -2.31. The zero-order chi connectivity index (χ0) is 8.15. The molecule has 0 spiro atoms. The second kappa shape index (κ2) is 3.88. The van der Waals surface area contributed by atoms with E-state index >= 15 is 0 Å². The predicted octanol–water partition coefficient (Wildman–Crippen LogP) is -2.06. The SMILES string of the molecule is O=S(F)/N=C([O-])/N=C(\[O-])F. The molecule has 58 valence electrons. The molecule has 0 amide bonds. The molecule has 0 radical (unpaired) electrons. The molecule has 0 heterocycles. The summed E-state index contributed by atoms with van der Waals surface area (Å²) in [5.74, 6) is 0. The highest BCUT2D eigenvalue weighted by Gasteiger charge is 1.86. The molecule has 0 aromatic heterocycles. The van der Waals surface area contributed by atoms with E-state index in [1.54, 1.807) is 0 Å². The highest BCUT2D eigenvalue weighted by atomic mass is 32.2. The predicted molar refractivity (Wildman–Crippen MR) is 25.2 cm³/mol. The van der Waals surface area contributed by atoms with Crippen molar-refractivity contribution in [2.24, 2.45) is 9.39 Å². The minimum absolute atomic E-state index is 1.74. The van der Waals surface area contributed by atoms with Gasteiger partial charge in [0, 0.05) is 0 Å². The van der Waals surface area contributed by atoms with Crippen LogP contribution in [0, 0.1) is 0 Å². The molecule has 0 bridgehead atoms. The summed E-state index contributed by atoms with van der Waals surface area (Å²) in [5, 5.41) is 19.1. The molecule has 1 unspecified atom stereocenters. The van der Waals surface area contributed by atoms with E-state index in [9.17, 15) is 22.7 Å². The van der Waals surface area contributed by atoms with E-state index in [-0.39, 0.29) is 0 Å². The quantitative estimate of drug-likeness (QED) is 0.257. The van der Waals surface area contributed by atoms with Gasteiger partial charge in [-0.3, -0.25) is 0 Å². The van der Waals surface area contributed by atoms with Gasteiger partial charge in [-0.25, -0.2) is 9.38 Å². The lowest BCUT2D eigenvalue weighted by Gasteiger charge is -2.02. The van der Waals surface area contributed by atoms with Crippen molar-refractivity contribution >= 4 is 23.5 Å². The van der Waals surface area contributed by atoms with E-state index < -0.39 is 23.5 Å². The average molecular weight is 170 g/mol. The van der Waals surface area contributed by atoms with Crippen LogP contribution in [-0.4, -0.2) is 16.4 Å². The molecule has 0 aliphatic carbocycles. The molecular formula is C2F2N2O3S-2. The highest BCUT2D eigenvalue weighted by Crippen LogP contribution is 1.84. The smallest absolute Gasteiger partial charge is 0.325 e. The number of aliphatic imine (C=N–C) groups is 1. The first-order chi connectivity index (χ1) is 4.52. The Labute approximate surface area is 56.6 Å². The number of halogens is 2. The minimum Gasteiger partial charge on any atom is -0.844 e. The standard InChI is InChI=1S/C2H2F2N2O3S/c3-1(7)5-2(8)6-10(4)9/h(H2,5,6,7,8)/p-2. The molecule has 0 aromatic carbocycles. The summed E-state index contributed by atoms with van der Waals surface area (Å²) >= 11 is -3.25. The van der Waals surface area contributed by atoms with Crippen LogP contribution in [0.1, 0.15) is 0 Å². The number of nitrogens with zero attached hydrogens (tertiary/aromatic N) is 2. The Kier molecular flexibility index (Phi) is 3.47. The second-order valence-corrected chi connectivity index (χ2v) is 1.54. The van der Waals surface area contributed by atoms with Crippen molar-refractivity contribution in [3.05, 3.63) is 0 Å². The zero-order valence-electron chi connectivity index (χ0n) is 4.28. The van der Waals surface area contributed by atoms with Crippen LogP contribution in [0.4, 0.5) is 8.28 Å². The first-order valence-corrected chi connectivity index (χ1v) is 2.78.